The molecule has 0 atom stereocenters. The molecule has 0 aromatic heterocycles. The molecule has 0 unspecified atom stereocenters. The van der Waals surface area contributed by atoms with Crippen LogP contribution in [0.3, 0.4) is 0 Å². The van der Waals surface area contributed by atoms with E-state index in [1.54, 1.807) is 0 Å². The molecule has 0 bridgehead atoms. The van der Waals surface area contributed by atoms with Crippen molar-refractivity contribution in [1.29, 1.82) is 0 Å². The van der Waals surface area contributed by atoms with Crippen LogP contribution in [-0.4, -0.2) is 0 Å². The van der Waals surface area contributed by atoms with Gasteiger partial charge in [-0.1, -0.05) is 170 Å². The van der Waals surface area contributed by atoms with Crippen molar-refractivity contribution in [2.45, 2.75) is 12.8 Å². The van der Waals surface area contributed by atoms with Crippen molar-refractivity contribution in [1.82, 2.24) is 0 Å². The van der Waals surface area contributed by atoms with E-state index in [0.717, 1.165) is 12.8 Å². The molecule has 0 spiro atoms. The van der Waals surface area contributed by atoms with Crippen LogP contribution in [0.4, 0.5) is 0 Å². The Bertz CT molecular complexity index is 3160. The van der Waals surface area contributed by atoms with E-state index in [2.05, 4.69) is 194 Å². The Morgan fingerprint density at radius 2 is 0.907 bits per heavy atom. The molecule has 1 aliphatic carbocycles. The summed E-state index contributed by atoms with van der Waals surface area (Å²) in [6.07, 6.45) is 6.80. The Hall–Kier alpha value is -6.76. The van der Waals surface area contributed by atoms with Crippen LogP contribution in [0, 0.1) is 0 Å². The maximum atomic E-state index is 2.44. The molecule has 54 heavy (non-hydrogen) atoms. The summed E-state index contributed by atoms with van der Waals surface area (Å²) in [4.78, 5) is 0. The van der Waals surface area contributed by atoms with Gasteiger partial charge in [-0.05, 0) is 147 Å². The maximum Gasteiger partial charge on any atom is -0.00264 e. The lowest BCUT2D eigenvalue weighted by atomic mass is 9.79. The van der Waals surface area contributed by atoms with Gasteiger partial charge in [0, 0.05) is 0 Å². The van der Waals surface area contributed by atoms with E-state index >= 15 is 0 Å². The molecule has 0 nitrogen and oxygen atoms in total. The first-order valence-electron chi connectivity index (χ1n) is 19.1. The smallest absolute Gasteiger partial charge is 0.00264 e. The SMILES string of the molecule is C1=Cc2c(c(-c3cccc(-c4cc5ccc6ccccc6c5c5ccccc45)c3)c3ccccc3c2-c2cccc(-c3ccc4ccccc4c3)c2)CC1. The van der Waals surface area contributed by atoms with Gasteiger partial charge in [-0.15, -0.1) is 0 Å². The number of benzene rings is 10. The van der Waals surface area contributed by atoms with Crippen LogP contribution >= 0.6 is 0 Å². The monoisotopic (exact) mass is 684 g/mol. The molecule has 0 radical (unpaired) electrons. The second kappa shape index (κ2) is 12.4. The van der Waals surface area contributed by atoms with E-state index in [1.165, 1.54) is 109 Å². The molecule has 1 aliphatic rings. The minimum Gasteiger partial charge on any atom is -0.0836 e. The van der Waals surface area contributed by atoms with Crippen molar-refractivity contribution in [3.8, 4) is 44.5 Å². The van der Waals surface area contributed by atoms with Crippen molar-refractivity contribution in [2.24, 2.45) is 0 Å². The van der Waals surface area contributed by atoms with Crippen molar-refractivity contribution < 1.29 is 0 Å². The standard InChI is InChI=1S/C54H36/c1-2-15-37-31-39(29-27-35(37)13-1)38-16-11-18-41(32-38)53-47-23-7-9-25-49(47)54(50-26-10-8-24-48(50)53)42-19-12-17-40(33-42)51-34-43-30-28-36-14-3-4-20-44(36)52(43)46-22-6-5-21-45(46)51/h1-9,11-25,27-34H,10,26H2. The van der Waals surface area contributed by atoms with Gasteiger partial charge in [0.2, 0.25) is 0 Å². The van der Waals surface area contributed by atoms with Crippen LogP contribution in [-0.2, 0) is 6.42 Å². The first-order valence-corrected chi connectivity index (χ1v) is 19.1. The summed E-state index contributed by atoms with van der Waals surface area (Å²) in [5, 5.41) is 12.9. The second-order valence-corrected chi connectivity index (χ2v) is 14.7. The first kappa shape index (κ1) is 30.8. The molecule has 0 heteroatoms. The first-order chi connectivity index (χ1) is 26.8. The largest absolute Gasteiger partial charge is 0.0836 e. The minimum atomic E-state index is 1.01. The highest BCUT2D eigenvalue weighted by molar-refractivity contribution is 6.23. The minimum absolute atomic E-state index is 1.01. The van der Waals surface area contributed by atoms with Gasteiger partial charge in [-0.2, -0.15) is 0 Å². The third kappa shape index (κ3) is 4.91. The molecule has 0 fully saturated rings. The number of hydrogen-bond acceptors (Lipinski definition) is 0. The molecule has 0 N–H and O–H groups in total. The van der Waals surface area contributed by atoms with Gasteiger partial charge in [-0.25, -0.2) is 0 Å². The molecular weight excluding hydrogens is 649 g/mol. The molecule has 10 aromatic rings. The Kier molecular flexibility index (Phi) is 7.10. The van der Waals surface area contributed by atoms with Gasteiger partial charge in [0.15, 0.2) is 0 Å². The van der Waals surface area contributed by atoms with Gasteiger partial charge in [0.1, 0.15) is 0 Å². The van der Waals surface area contributed by atoms with Crippen LogP contribution < -0.4 is 0 Å². The normalized spacial score (nSPS) is 12.6. The summed E-state index contributed by atoms with van der Waals surface area (Å²) >= 11 is 0. The molecule has 0 saturated carbocycles. The van der Waals surface area contributed by atoms with E-state index in [9.17, 15) is 0 Å². The van der Waals surface area contributed by atoms with Gasteiger partial charge >= 0.3 is 0 Å². The molecule has 0 heterocycles. The summed E-state index contributed by atoms with van der Waals surface area (Å²) in [6, 6.07) is 67.6. The Morgan fingerprint density at radius 3 is 1.74 bits per heavy atom. The van der Waals surface area contributed by atoms with Crippen LogP contribution in [0.5, 0.6) is 0 Å². The average molecular weight is 685 g/mol. The molecule has 0 saturated heterocycles. The molecular formula is C54H36. The highest BCUT2D eigenvalue weighted by atomic mass is 14.3. The number of fused-ring (bicyclic) bond motifs is 8. The lowest BCUT2D eigenvalue weighted by Gasteiger charge is -2.24. The maximum absolute atomic E-state index is 2.44. The Labute approximate surface area is 315 Å². The van der Waals surface area contributed by atoms with Crippen molar-refractivity contribution in [3.05, 3.63) is 199 Å². The van der Waals surface area contributed by atoms with E-state index in [1.807, 2.05) is 0 Å². The topological polar surface area (TPSA) is 0 Å². The molecule has 0 aliphatic heterocycles. The Morgan fingerprint density at radius 1 is 0.333 bits per heavy atom. The molecule has 252 valence electrons. The molecule has 11 rings (SSSR count). The predicted molar refractivity (Wildman–Crippen MR) is 233 cm³/mol. The summed E-state index contributed by atoms with van der Waals surface area (Å²) < 4.78 is 0. The molecule has 10 aromatic carbocycles. The Balaban J connectivity index is 1.11. The third-order valence-corrected chi connectivity index (χ3v) is 11.7. The zero-order chi connectivity index (χ0) is 35.6. The highest BCUT2D eigenvalue weighted by Crippen LogP contribution is 2.46. The molecule has 0 amide bonds. The summed E-state index contributed by atoms with van der Waals surface area (Å²) in [5.41, 5.74) is 13.0. The van der Waals surface area contributed by atoms with E-state index in [0.29, 0.717) is 0 Å². The van der Waals surface area contributed by atoms with Crippen LogP contribution in [0.2, 0.25) is 0 Å². The fraction of sp³-hybridized carbons (Fsp3) is 0.0370. The fourth-order valence-electron chi connectivity index (χ4n) is 9.21. The predicted octanol–water partition coefficient (Wildman–Crippen LogP) is 15.1. The number of hydrogen-bond donors (Lipinski definition) is 0. The van der Waals surface area contributed by atoms with Gasteiger partial charge in [0.05, 0.1) is 0 Å². The van der Waals surface area contributed by atoms with Crippen molar-refractivity contribution in [2.75, 3.05) is 0 Å². The zero-order valence-corrected chi connectivity index (χ0v) is 29.9. The van der Waals surface area contributed by atoms with Gasteiger partial charge < -0.3 is 0 Å². The van der Waals surface area contributed by atoms with Crippen LogP contribution in [0.25, 0.3) is 104 Å². The summed E-state index contributed by atoms with van der Waals surface area (Å²) in [5.74, 6) is 0. The van der Waals surface area contributed by atoms with Crippen LogP contribution in [0.15, 0.2) is 188 Å². The highest BCUT2D eigenvalue weighted by Gasteiger charge is 2.22. The number of rotatable bonds is 4. The number of allylic oxidation sites excluding steroid dienone is 1. The van der Waals surface area contributed by atoms with E-state index in [4.69, 9.17) is 0 Å². The van der Waals surface area contributed by atoms with Crippen molar-refractivity contribution in [3.63, 3.8) is 0 Å². The van der Waals surface area contributed by atoms with Crippen LogP contribution in [0.1, 0.15) is 17.5 Å². The summed E-state index contributed by atoms with van der Waals surface area (Å²) in [7, 11) is 0. The fourth-order valence-corrected chi connectivity index (χ4v) is 9.21. The quantitative estimate of drug-likeness (QED) is 0.162. The van der Waals surface area contributed by atoms with E-state index in [-0.39, 0.29) is 0 Å². The average Bonchev–Trinajstić information content (AvgIpc) is 3.25. The lowest BCUT2D eigenvalue weighted by Crippen LogP contribution is -2.02. The second-order valence-electron chi connectivity index (χ2n) is 14.7. The van der Waals surface area contributed by atoms with Gasteiger partial charge in [-0.3, -0.25) is 0 Å². The lowest BCUT2D eigenvalue weighted by molar-refractivity contribution is 0.991. The summed E-state index contributed by atoms with van der Waals surface area (Å²) in [6.45, 7) is 0. The van der Waals surface area contributed by atoms with Crippen molar-refractivity contribution >= 4 is 59.9 Å². The zero-order valence-electron chi connectivity index (χ0n) is 29.9. The van der Waals surface area contributed by atoms with E-state index < -0.39 is 0 Å². The van der Waals surface area contributed by atoms with Gasteiger partial charge in [0.25, 0.3) is 0 Å². The third-order valence-electron chi connectivity index (χ3n) is 11.7.